The number of rotatable bonds is 3. The average molecular weight is 222 g/mol. The van der Waals surface area contributed by atoms with Crippen molar-refractivity contribution in [3.05, 3.63) is 11.1 Å². The first-order chi connectivity index (χ1) is 7.74. The molecule has 0 spiro atoms. The fourth-order valence-corrected chi connectivity index (χ4v) is 3.45. The van der Waals surface area contributed by atoms with E-state index in [2.05, 4.69) is 0 Å². The van der Waals surface area contributed by atoms with Crippen molar-refractivity contribution in [1.29, 1.82) is 0 Å². The van der Waals surface area contributed by atoms with Gasteiger partial charge in [0.2, 0.25) is 0 Å². The van der Waals surface area contributed by atoms with Gasteiger partial charge in [0, 0.05) is 13.0 Å². The number of hydrogen-bond acceptors (Lipinski definition) is 2. The number of aliphatic hydroxyl groups is 1. The van der Waals surface area contributed by atoms with Gasteiger partial charge in [-0.1, -0.05) is 5.57 Å². The lowest BCUT2D eigenvalue weighted by atomic mass is 9.67. The van der Waals surface area contributed by atoms with Crippen LogP contribution in [0, 0.1) is 11.8 Å². The minimum absolute atomic E-state index is 0.306. The fraction of sp³-hybridized carbons (Fsp3) is 0.786. The van der Waals surface area contributed by atoms with Crippen molar-refractivity contribution >= 4 is 5.78 Å². The highest BCUT2D eigenvalue weighted by Gasteiger charge is 2.33. The van der Waals surface area contributed by atoms with Gasteiger partial charge in [-0.3, -0.25) is 4.79 Å². The Bertz CT molecular complexity index is 304. The van der Waals surface area contributed by atoms with Crippen LogP contribution in [0.15, 0.2) is 11.1 Å². The van der Waals surface area contributed by atoms with E-state index in [4.69, 9.17) is 5.11 Å². The van der Waals surface area contributed by atoms with Crippen molar-refractivity contribution in [2.24, 2.45) is 11.8 Å². The molecule has 2 aliphatic rings. The molecule has 0 amide bonds. The van der Waals surface area contributed by atoms with Crippen LogP contribution in [0.25, 0.3) is 0 Å². The highest BCUT2D eigenvalue weighted by molar-refractivity contribution is 5.96. The van der Waals surface area contributed by atoms with E-state index in [0.29, 0.717) is 18.3 Å². The minimum Gasteiger partial charge on any atom is -0.396 e. The van der Waals surface area contributed by atoms with Gasteiger partial charge < -0.3 is 5.11 Å². The Labute approximate surface area is 97.7 Å². The lowest BCUT2D eigenvalue weighted by Gasteiger charge is -2.37. The second-order valence-electron chi connectivity index (χ2n) is 5.24. The van der Waals surface area contributed by atoms with Crippen LogP contribution in [0.2, 0.25) is 0 Å². The van der Waals surface area contributed by atoms with Gasteiger partial charge in [0.1, 0.15) is 0 Å². The van der Waals surface area contributed by atoms with Gasteiger partial charge in [-0.25, -0.2) is 0 Å². The normalized spacial score (nSPS) is 30.5. The Morgan fingerprint density at radius 1 is 1.31 bits per heavy atom. The maximum Gasteiger partial charge on any atom is 0.158 e. The predicted molar refractivity (Wildman–Crippen MR) is 64.1 cm³/mol. The summed E-state index contributed by atoms with van der Waals surface area (Å²) in [4.78, 5) is 11.7. The maximum absolute atomic E-state index is 11.7. The van der Waals surface area contributed by atoms with E-state index in [1.807, 2.05) is 6.92 Å². The van der Waals surface area contributed by atoms with Crippen LogP contribution in [0.3, 0.4) is 0 Å². The first-order valence-electron chi connectivity index (χ1n) is 6.57. The Hall–Kier alpha value is -0.630. The van der Waals surface area contributed by atoms with Crippen LogP contribution in [0.4, 0.5) is 0 Å². The van der Waals surface area contributed by atoms with E-state index in [9.17, 15) is 4.79 Å². The van der Waals surface area contributed by atoms with Gasteiger partial charge in [-0.2, -0.15) is 0 Å². The second kappa shape index (κ2) is 5.13. The minimum atomic E-state index is 0.306. The first-order valence-corrected chi connectivity index (χ1v) is 6.57. The van der Waals surface area contributed by atoms with Crippen LogP contribution in [0.1, 0.15) is 51.9 Å². The number of fused-ring (bicyclic) bond motifs is 1. The first kappa shape index (κ1) is 11.8. The number of allylic oxidation sites excluding steroid dienone is 2. The molecular weight excluding hydrogens is 200 g/mol. The molecule has 0 saturated heterocycles. The molecule has 0 aromatic heterocycles. The highest BCUT2D eigenvalue weighted by atomic mass is 16.2. The van der Waals surface area contributed by atoms with Crippen LogP contribution in [0.5, 0.6) is 0 Å². The fourth-order valence-electron chi connectivity index (χ4n) is 3.45. The lowest BCUT2D eigenvalue weighted by Crippen LogP contribution is -2.28. The average Bonchev–Trinajstić information content (AvgIpc) is 2.31. The van der Waals surface area contributed by atoms with Crippen LogP contribution in [-0.4, -0.2) is 17.5 Å². The molecular formula is C14H22O2. The van der Waals surface area contributed by atoms with Gasteiger partial charge in [-0.15, -0.1) is 0 Å². The van der Waals surface area contributed by atoms with Gasteiger partial charge in [0.05, 0.1) is 0 Å². The molecule has 2 atom stereocenters. The summed E-state index contributed by atoms with van der Waals surface area (Å²) < 4.78 is 0. The third-order valence-electron chi connectivity index (χ3n) is 4.35. The predicted octanol–water partition coefficient (Wildman–Crippen LogP) is 2.85. The summed E-state index contributed by atoms with van der Waals surface area (Å²) in [5.41, 5.74) is 2.51. The van der Waals surface area contributed by atoms with E-state index in [1.54, 1.807) is 0 Å². The van der Waals surface area contributed by atoms with E-state index >= 15 is 0 Å². The van der Waals surface area contributed by atoms with Crippen molar-refractivity contribution in [3.8, 4) is 0 Å². The standard InChI is InChI=1S/C14H22O2/c1-10-12-6-2-4-11(5-3-9-15)13(12)7-8-14(10)16/h11,13,15H,2-9H2,1H3. The summed E-state index contributed by atoms with van der Waals surface area (Å²) >= 11 is 0. The van der Waals surface area contributed by atoms with E-state index in [-0.39, 0.29) is 0 Å². The molecule has 0 aromatic carbocycles. The number of carbonyl (C=O) groups excluding carboxylic acids is 1. The summed E-state index contributed by atoms with van der Waals surface area (Å²) in [7, 11) is 0. The molecule has 2 unspecified atom stereocenters. The van der Waals surface area contributed by atoms with Gasteiger partial charge >= 0.3 is 0 Å². The summed E-state index contributed by atoms with van der Waals surface area (Å²) in [6.45, 7) is 2.32. The molecule has 2 aliphatic carbocycles. The Balaban J connectivity index is 2.12. The van der Waals surface area contributed by atoms with Gasteiger partial charge in [0.15, 0.2) is 5.78 Å². The van der Waals surface area contributed by atoms with Crippen LogP contribution >= 0.6 is 0 Å². The zero-order valence-corrected chi connectivity index (χ0v) is 10.2. The highest BCUT2D eigenvalue weighted by Crippen LogP contribution is 2.43. The number of aliphatic hydroxyl groups excluding tert-OH is 1. The van der Waals surface area contributed by atoms with E-state index in [0.717, 1.165) is 43.6 Å². The Kier molecular flexibility index (Phi) is 3.80. The third-order valence-corrected chi connectivity index (χ3v) is 4.35. The molecule has 0 aliphatic heterocycles. The molecule has 16 heavy (non-hydrogen) atoms. The number of ketones is 1. The van der Waals surface area contributed by atoms with Crippen molar-refractivity contribution in [2.75, 3.05) is 6.61 Å². The molecule has 0 aromatic rings. The molecule has 2 rings (SSSR count). The summed E-state index contributed by atoms with van der Waals surface area (Å²) in [6.07, 6.45) is 7.50. The monoisotopic (exact) mass is 222 g/mol. The number of Topliss-reactive ketones (excluding diaryl/α,β-unsaturated/α-hetero) is 1. The van der Waals surface area contributed by atoms with Gasteiger partial charge in [-0.05, 0) is 62.9 Å². The lowest BCUT2D eigenvalue weighted by molar-refractivity contribution is -0.116. The van der Waals surface area contributed by atoms with Crippen molar-refractivity contribution in [2.45, 2.75) is 51.9 Å². The smallest absolute Gasteiger partial charge is 0.158 e. The molecule has 0 radical (unpaired) electrons. The summed E-state index contributed by atoms with van der Waals surface area (Å²) in [5, 5.41) is 8.92. The van der Waals surface area contributed by atoms with Gasteiger partial charge in [0.25, 0.3) is 0 Å². The molecule has 1 fully saturated rings. The quantitative estimate of drug-likeness (QED) is 0.797. The number of carbonyl (C=O) groups is 1. The van der Waals surface area contributed by atoms with Crippen LogP contribution in [-0.2, 0) is 4.79 Å². The maximum atomic E-state index is 11.7. The molecule has 2 heteroatoms. The van der Waals surface area contributed by atoms with Crippen molar-refractivity contribution < 1.29 is 9.90 Å². The van der Waals surface area contributed by atoms with Crippen LogP contribution < -0.4 is 0 Å². The van der Waals surface area contributed by atoms with Crippen molar-refractivity contribution in [3.63, 3.8) is 0 Å². The topological polar surface area (TPSA) is 37.3 Å². The largest absolute Gasteiger partial charge is 0.396 e. The van der Waals surface area contributed by atoms with E-state index in [1.165, 1.54) is 18.4 Å². The Morgan fingerprint density at radius 3 is 2.88 bits per heavy atom. The SMILES string of the molecule is CC1=C2CCCC(CCCO)C2CCC1=O. The zero-order chi connectivity index (χ0) is 11.5. The second-order valence-corrected chi connectivity index (χ2v) is 5.24. The Morgan fingerprint density at radius 2 is 2.12 bits per heavy atom. The number of hydrogen-bond donors (Lipinski definition) is 1. The summed E-state index contributed by atoms with van der Waals surface area (Å²) in [6, 6.07) is 0. The van der Waals surface area contributed by atoms with Crippen molar-refractivity contribution in [1.82, 2.24) is 0 Å². The molecule has 1 saturated carbocycles. The molecule has 90 valence electrons. The molecule has 2 nitrogen and oxygen atoms in total. The van der Waals surface area contributed by atoms with E-state index < -0.39 is 0 Å². The molecule has 0 heterocycles. The molecule has 1 N–H and O–H groups in total. The third kappa shape index (κ3) is 2.22. The zero-order valence-electron chi connectivity index (χ0n) is 10.2. The summed E-state index contributed by atoms with van der Waals surface area (Å²) in [5.74, 6) is 1.74. The molecule has 0 bridgehead atoms.